The van der Waals surface area contributed by atoms with E-state index in [2.05, 4.69) is 0 Å². The standard InChI is InChI=1S/C6H12O6.6HO3P/c7-1-2(8)4(10)6(12)5(11)3(1)9;6*1-4(2)3/h1-12H;6*(H-,1,2,3)/p+6. The van der Waals surface area contributed by atoms with Crippen LogP contribution in [0.25, 0.3) is 0 Å². The van der Waals surface area contributed by atoms with E-state index >= 15 is 0 Å². The summed E-state index contributed by atoms with van der Waals surface area (Å²) in [6.45, 7) is 0. The predicted octanol–water partition coefficient (Wildman–Crippen LogP) is -6.06. The molecule has 0 spiro atoms. The molecule has 0 aliphatic heterocycles. The summed E-state index contributed by atoms with van der Waals surface area (Å²) in [6, 6.07) is 0. The van der Waals surface area contributed by atoms with Gasteiger partial charge < -0.3 is 30.6 Å². The fraction of sp³-hybridized carbons (Fsp3) is 1.00. The lowest BCUT2D eigenvalue weighted by Gasteiger charge is -2.39. The second kappa shape index (κ2) is 31.1. The maximum atomic E-state index is 8.97. The SMILES string of the molecule is O=[P+](O)O.O=[P+](O)O.O=[P+](O)O.O=[P+](O)O.O=[P+](O)O.O=[P+](O)O.OC1C(O)C(O)C(O)C(O)C1O. The smallest absolute Gasteiger partial charge is 0.387 e. The molecule has 0 aromatic carbocycles. The molecule has 0 heterocycles. The summed E-state index contributed by atoms with van der Waals surface area (Å²) in [4.78, 5) is 85.4. The largest absolute Gasteiger partial charge is 0.692 e. The number of rotatable bonds is 0. The van der Waals surface area contributed by atoms with Gasteiger partial charge in [0.2, 0.25) is 0 Å². The Labute approximate surface area is 203 Å². The number of hydrogen-bond donors (Lipinski definition) is 18. The Morgan fingerprint density at radius 2 is 0.278 bits per heavy atom. The van der Waals surface area contributed by atoms with Crippen LogP contribution in [0.4, 0.5) is 0 Å². The molecule has 0 atom stereocenters. The molecule has 216 valence electrons. The second-order valence-corrected chi connectivity index (χ2v) is 7.49. The molecule has 1 rings (SSSR count). The normalized spacial score (nSPS) is 22.8. The lowest BCUT2D eigenvalue weighted by Crippen LogP contribution is -2.63. The lowest BCUT2D eigenvalue weighted by atomic mass is 9.85. The van der Waals surface area contributed by atoms with E-state index in [4.69, 9.17) is 117 Å². The highest BCUT2D eigenvalue weighted by molar-refractivity contribution is 7.31. The van der Waals surface area contributed by atoms with Gasteiger partial charge in [-0.3, -0.25) is 0 Å². The van der Waals surface area contributed by atoms with E-state index in [1.54, 1.807) is 0 Å². The van der Waals surface area contributed by atoms with Crippen LogP contribution in [0.15, 0.2) is 0 Å². The quantitative estimate of drug-likeness (QED) is 0.107. The van der Waals surface area contributed by atoms with Crippen molar-refractivity contribution in [3.8, 4) is 0 Å². The fourth-order valence-corrected chi connectivity index (χ4v) is 1.21. The van der Waals surface area contributed by atoms with Gasteiger partial charge >= 0.3 is 49.5 Å². The van der Waals surface area contributed by atoms with Crippen LogP contribution < -0.4 is 0 Å². The molecule has 1 aliphatic carbocycles. The molecule has 0 bridgehead atoms. The van der Waals surface area contributed by atoms with Crippen molar-refractivity contribution in [2.75, 3.05) is 0 Å². The van der Waals surface area contributed by atoms with Gasteiger partial charge in [-0.05, 0) is 0 Å². The average molecular weight is 666 g/mol. The maximum Gasteiger partial charge on any atom is 0.692 e. The molecule has 24 nitrogen and oxygen atoms in total. The summed E-state index contributed by atoms with van der Waals surface area (Å²) in [5, 5.41) is 53.8. The molecule has 1 fully saturated rings. The van der Waals surface area contributed by atoms with Crippen LogP contribution in [-0.4, -0.2) is 126 Å². The third-order valence-corrected chi connectivity index (χ3v) is 2.10. The van der Waals surface area contributed by atoms with E-state index < -0.39 is 86.2 Å². The molecule has 30 heteroatoms. The first-order valence-electron chi connectivity index (χ1n) is 7.04. The van der Waals surface area contributed by atoms with Crippen LogP contribution in [0.5, 0.6) is 0 Å². The molecular weight excluding hydrogens is 642 g/mol. The minimum atomic E-state index is -2.87. The highest BCUT2D eigenvalue weighted by Crippen LogP contribution is 2.20. The summed E-state index contributed by atoms with van der Waals surface area (Å²) in [7, 11) is -17.2. The lowest BCUT2D eigenvalue weighted by molar-refractivity contribution is -0.223. The van der Waals surface area contributed by atoms with Crippen molar-refractivity contribution >= 4 is 49.5 Å². The van der Waals surface area contributed by atoms with E-state index in [1.807, 2.05) is 0 Å². The summed E-state index contributed by atoms with van der Waals surface area (Å²) in [5.74, 6) is 0. The average Bonchev–Trinajstić information content (AvgIpc) is 2.60. The van der Waals surface area contributed by atoms with Crippen molar-refractivity contribution in [2.24, 2.45) is 0 Å². The summed E-state index contributed by atoms with van der Waals surface area (Å²) in [6.07, 6.45) is -9.84. The third kappa shape index (κ3) is 64.2. The zero-order chi connectivity index (χ0) is 30.9. The molecule has 36 heavy (non-hydrogen) atoms. The van der Waals surface area contributed by atoms with Crippen molar-refractivity contribution in [2.45, 2.75) is 36.6 Å². The van der Waals surface area contributed by atoms with Crippen LogP contribution >= 0.6 is 49.5 Å². The van der Waals surface area contributed by atoms with Gasteiger partial charge in [-0.25, -0.2) is 0 Å². The van der Waals surface area contributed by atoms with Crippen LogP contribution in [0.2, 0.25) is 0 Å². The molecule has 1 saturated carbocycles. The van der Waals surface area contributed by atoms with Gasteiger partial charge in [-0.2, -0.15) is 0 Å². The first kappa shape index (κ1) is 48.9. The van der Waals surface area contributed by atoms with Crippen LogP contribution in [0.3, 0.4) is 0 Å². The van der Waals surface area contributed by atoms with Crippen molar-refractivity contribution in [1.82, 2.24) is 0 Å². The highest BCUT2D eigenvalue weighted by atomic mass is 31.1. The van der Waals surface area contributed by atoms with E-state index in [0.717, 1.165) is 0 Å². The Morgan fingerprint density at radius 1 is 0.250 bits per heavy atom. The Morgan fingerprint density at radius 3 is 0.306 bits per heavy atom. The van der Waals surface area contributed by atoms with Crippen LogP contribution in [0.1, 0.15) is 0 Å². The van der Waals surface area contributed by atoms with Crippen molar-refractivity contribution in [1.29, 1.82) is 0 Å². The highest BCUT2D eigenvalue weighted by Gasteiger charge is 2.47. The molecule has 0 amide bonds. The molecule has 18 N–H and O–H groups in total. The monoisotopic (exact) mass is 666 g/mol. The van der Waals surface area contributed by atoms with Gasteiger partial charge in [0.25, 0.3) is 0 Å². The zero-order valence-electron chi connectivity index (χ0n) is 16.6. The predicted molar refractivity (Wildman–Crippen MR) is 108 cm³/mol. The number of aliphatic hydroxyl groups excluding tert-OH is 6. The van der Waals surface area contributed by atoms with Gasteiger partial charge in [0.05, 0.1) is 0 Å². The molecule has 0 saturated heterocycles. The van der Waals surface area contributed by atoms with E-state index in [0.29, 0.717) is 0 Å². The van der Waals surface area contributed by atoms with Crippen LogP contribution in [0, 0.1) is 0 Å². The summed E-state index contributed by atoms with van der Waals surface area (Å²) < 4.78 is 52.2. The molecule has 0 radical (unpaired) electrons. The second-order valence-electron chi connectivity index (χ2n) is 4.46. The van der Waals surface area contributed by atoms with Crippen LogP contribution in [-0.2, 0) is 27.4 Å². The van der Waals surface area contributed by atoms with Gasteiger partial charge in [0, 0.05) is 27.4 Å². The van der Waals surface area contributed by atoms with Crippen molar-refractivity contribution in [3.63, 3.8) is 0 Å². The molecule has 0 aromatic heterocycles. The minimum absolute atomic E-state index is 1.64. The van der Waals surface area contributed by atoms with Gasteiger partial charge in [0.15, 0.2) is 0 Å². The number of hydrogen-bond acceptors (Lipinski definition) is 12. The first-order chi connectivity index (χ1) is 15.9. The molecule has 0 aromatic rings. The number of aliphatic hydroxyl groups is 6. The first-order valence-corrected chi connectivity index (χ1v) is 14.0. The minimum Gasteiger partial charge on any atom is -0.387 e. The topological polar surface area (TPSA) is 467 Å². The molecule has 1 aliphatic rings. The maximum absolute atomic E-state index is 8.97. The van der Waals surface area contributed by atoms with E-state index in [9.17, 15) is 0 Å². The fourth-order valence-electron chi connectivity index (χ4n) is 1.21. The van der Waals surface area contributed by atoms with Gasteiger partial charge in [0.1, 0.15) is 36.6 Å². The molecular formula is C6H24O24P6+6. The molecule has 0 unspecified atom stereocenters. The van der Waals surface area contributed by atoms with E-state index in [1.165, 1.54) is 0 Å². The Hall–Kier alpha value is -0.120. The summed E-state index contributed by atoms with van der Waals surface area (Å²) in [5.41, 5.74) is 0. The van der Waals surface area contributed by atoms with Crippen molar-refractivity contribution < 1.29 is 117 Å². The van der Waals surface area contributed by atoms with Crippen molar-refractivity contribution in [3.05, 3.63) is 0 Å². The Balaban J connectivity index is -0.0000000797. The summed E-state index contributed by atoms with van der Waals surface area (Å²) >= 11 is 0. The zero-order valence-corrected chi connectivity index (χ0v) is 22.0. The Kier molecular flexibility index (Phi) is 42.2. The Bertz CT molecular complexity index is 467. The third-order valence-electron chi connectivity index (χ3n) is 2.10. The van der Waals surface area contributed by atoms with E-state index in [-0.39, 0.29) is 0 Å². The van der Waals surface area contributed by atoms with Gasteiger partial charge in [-0.1, -0.05) is 0 Å². The van der Waals surface area contributed by atoms with Gasteiger partial charge in [-0.15, -0.1) is 58.7 Å².